The molecule has 0 spiro atoms. The smallest absolute Gasteiger partial charge is 0.185 e. The maximum Gasteiger partial charge on any atom is 0.185 e. The lowest BCUT2D eigenvalue weighted by Gasteiger charge is -2.09. The first-order valence-corrected chi connectivity index (χ1v) is 5.57. The van der Waals surface area contributed by atoms with Crippen LogP contribution in [0.1, 0.15) is 18.7 Å². The van der Waals surface area contributed by atoms with Gasteiger partial charge in [0.1, 0.15) is 11.6 Å². The fraction of sp³-hybridized carbons (Fsp3) is 0.333. The van der Waals surface area contributed by atoms with E-state index in [-0.39, 0.29) is 5.75 Å². The number of phenolic OH excluding ortho intramolecular Hbond substituents is 1. The Labute approximate surface area is 93.6 Å². The quantitative estimate of drug-likeness (QED) is 0.791. The highest BCUT2D eigenvalue weighted by molar-refractivity contribution is 5.63. The molecule has 1 aromatic heterocycles. The molecular weight excluding hydrogens is 202 g/mol. The zero-order valence-corrected chi connectivity index (χ0v) is 8.93. The van der Waals surface area contributed by atoms with Crippen molar-refractivity contribution in [1.82, 2.24) is 14.8 Å². The van der Waals surface area contributed by atoms with Gasteiger partial charge in [-0.15, -0.1) is 0 Å². The average molecular weight is 215 g/mol. The van der Waals surface area contributed by atoms with Crippen molar-refractivity contribution in [2.24, 2.45) is 0 Å². The largest absolute Gasteiger partial charge is 0.507 e. The fourth-order valence-corrected chi connectivity index (χ4v) is 2.06. The molecule has 2 aromatic rings. The van der Waals surface area contributed by atoms with E-state index in [0.717, 1.165) is 25.2 Å². The minimum Gasteiger partial charge on any atom is -0.507 e. The van der Waals surface area contributed by atoms with Crippen molar-refractivity contribution in [3.63, 3.8) is 0 Å². The SMILES string of the molecule is Oc1ccccc1-c1nc2n(n1)CCCC2. The van der Waals surface area contributed by atoms with Gasteiger partial charge in [0, 0.05) is 13.0 Å². The van der Waals surface area contributed by atoms with Gasteiger partial charge in [-0.3, -0.25) is 0 Å². The molecule has 82 valence electrons. The van der Waals surface area contributed by atoms with E-state index in [9.17, 15) is 5.11 Å². The predicted octanol–water partition coefficient (Wildman–Crippen LogP) is 1.99. The van der Waals surface area contributed by atoms with Gasteiger partial charge in [-0.25, -0.2) is 9.67 Å². The molecule has 0 unspecified atom stereocenters. The van der Waals surface area contributed by atoms with Crippen LogP contribution >= 0.6 is 0 Å². The molecule has 0 amide bonds. The maximum atomic E-state index is 9.74. The molecule has 0 fully saturated rings. The second-order valence-electron chi connectivity index (χ2n) is 4.05. The number of nitrogens with zero attached hydrogens (tertiary/aromatic N) is 3. The summed E-state index contributed by atoms with van der Waals surface area (Å²) >= 11 is 0. The molecule has 1 N–H and O–H groups in total. The van der Waals surface area contributed by atoms with Crippen LogP contribution in [-0.4, -0.2) is 19.9 Å². The monoisotopic (exact) mass is 215 g/mol. The molecule has 2 heterocycles. The molecule has 1 aromatic carbocycles. The summed E-state index contributed by atoms with van der Waals surface area (Å²) in [5.41, 5.74) is 0.712. The minimum absolute atomic E-state index is 0.241. The van der Waals surface area contributed by atoms with Crippen LogP contribution < -0.4 is 0 Å². The molecule has 1 aliphatic rings. The highest BCUT2D eigenvalue weighted by Gasteiger charge is 2.16. The van der Waals surface area contributed by atoms with E-state index < -0.39 is 0 Å². The van der Waals surface area contributed by atoms with Gasteiger partial charge >= 0.3 is 0 Å². The molecule has 3 rings (SSSR count). The summed E-state index contributed by atoms with van der Waals surface area (Å²) < 4.78 is 1.95. The molecule has 0 aliphatic carbocycles. The van der Waals surface area contributed by atoms with Gasteiger partial charge in [-0.05, 0) is 25.0 Å². The Balaban J connectivity index is 2.07. The summed E-state index contributed by atoms with van der Waals surface area (Å²) in [5.74, 6) is 1.91. The van der Waals surface area contributed by atoms with Gasteiger partial charge in [0.25, 0.3) is 0 Å². The molecule has 0 bridgehead atoms. The molecule has 0 atom stereocenters. The number of hydrogen-bond acceptors (Lipinski definition) is 3. The van der Waals surface area contributed by atoms with Crippen LogP contribution in [0.25, 0.3) is 11.4 Å². The number of aromatic nitrogens is 3. The second-order valence-corrected chi connectivity index (χ2v) is 4.05. The lowest BCUT2D eigenvalue weighted by molar-refractivity contribution is 0.474. The third kappa shape index (κ3) is 1.46. The van der Waals surface area contributed by atoms with E-state index in [4.69, 9.17) is 0 Å². The standard InChI is InChI=1S/C12H13N3O/c16-10-6-2-1-5-9(10)12-13-11-7-3-4-8-15(11)14-12/h1-2,5-6,16H,3-4,7-8H2. The number of phenols is 1. The van der Waals surface area contributed by atoms with Gasteiger partial charge in [-0.1, -0.05) is 12.1 Å². The van der Waals surface area contributed by atoms with Crippen LogP contribution in [0.5, 0.6) is 5.75 Å². The number of aromatic hydroxyl groups is 1. The Morgan fingerprint density at radius 3 is 2.88 bits per heavy atom. The second kappa shape index (κ2) is 3.63. The van der Waals surface area contributed by atoms with E-state index in [0.29, 0.717) is 11.4 Å². The zero-order valence-electron chi connectivity index (χ0n) is 8.93. The third-order valence-electron chi connectivity index (χ3n) is 2.91. The number of fused-ring (bicyclic) bond motifs is 1. The van der Waals surface area contributed by atoms with Crippen LogP contribution in [0.3, 0.4) is 0 Å². The minimum atomic E-state index is 0.241. The number of rotatable bonds is 1. The predicted molar refractivity (Wildman–Crippen MR) is 60.1 cm³/mol. The molecule has 16 heavy (non-hydrogen) atoms. The average Bonchev–Trinajstić information content (AvgIpc) is 2.73. The summed E-state index contributed by atoms with van der Waals surface area (Å²) in [7, 11) is 0. The van der Waals surface area contributed by atoms with Crippen molar-refractivity contribution < 1.29 is 5.11 Å². The van der Waals surface area contributed by atoms with Gasteiger partial charge < -0.3 is 5.11 Å². The van der Waals surface area contributed by atoms with E-state index in [2.05, 4.69) is 10.1 Å². The third-order valence-corrected chi connectivity index (χ3v) is 2.91. The lowest BCUT2D eigenvalue weighted by atomic mass is 10.2. The van der Waals surface area contributed by atoms with Crippen molar-refractivity contribution in [2.45, 2.75) is 25.8 Å². The molecule has 1 aliphatic heterocycles. The van der Waals surface area contributed by atoms with Crippen LogP contribution in [-0.2, 0) is 13.0 Å². The molecule has 4 nitrogen and oxygen atoms in total. The number of aryl methyl sites for hydroxylation is 2. The Kier molecular flexibility index (Phi) is 2.13. The number of hydrogen-bond donors (Lipinski definition) is 1. The first-order chi connectivity index (χ1) is 7.84. The zero-order chi connectivity index (χ0) is 11.0. The van der Waals surface area contributed by atoms with Crippen LogP contribution in [0.4, 0.5) is 0 Å². The number of benzene rings is 1. The van der Waals surface area contributed by atoms with Crippen molar-refractivity contribution >= 4 is 0 Å². The van der Waals surface area contributed by atoms with Gasteiger partial charge in [-0.2, -0.15) is 5.10 Å². The molecule has 0 saturated carbocycles. The van der Waals surface area contributed by atoms with Crippen LogP contribution in [0.15, 0.2) is 24.3 Å². The Hall–Kier alpha value is -1.84. The highest BCUT2D eigenvalue weighted by Crippen LogP contribution is 2.27. The first kappa shape index (κ1) is 9.39. The summed E-state index contributed by atoms with van der Waals surface area (Å²) in [6.45, 7) is 0.940. The summed E-state index contributed by atoms with van der Waals surface area (Å²) in [5, 5.41) is 14.2. The Morgan fingerprint density at radius 2 is 2.06 bits per heavy atom. The fourth-order valence-electron chi connectivity index (χ4n) is 2.06. The van der Waals surface area contributed by atoms with Crippen LogP contribution in [0.2, 0.25) is 0 Å². The summed E-state index contributed by atoms with van der Waals surface area (Å²) in [4.78, 5) is 4.47. The number of para-hydroxylation sites is 1. The van der Waals surface area contributed by atoms with E-state index >= 15 is 0 Å². The van der Waals surface area contributed by atoms with Crippen molar-refractivity contribution in [1.29, 1.82) is 0 Å². The van der Waals surface area contributed by atoms with Gasteiger partial charge in [0.15, 0.2) is 5.82 Å². The molecule has 4 heteroatoms. The topological polar surface area (TPSA) is 50.9 Å². The van der Waals surface area contributed by atoms with Crippen LogP contribution in [0, 0.1) is 0 Å². The van der Waals surface area contributed by atoms with Crippen molar-refractivity contribution in [3.05, 3.63) is 30.1 Å². The molecular formula is C12H13N3O. The molecule has 0 saturated heterocycles. The van der Waals surface area contributed by atoms with Gasteiger partial charge in [0.05, 0.1) is 5.56 Å². The van der Waals surface area contributed by atoms with E-state index in [1.54, 1.807) is 12.1 Å². The first-order valence-electron chi connectivity index (χ1n) is 5.57. The maximum absolute atomic E-state index is 9.74. The van der Waals surface area contributed by atoms with Gasteiger partial charge in [0.2, 0.25) is 0 Å². The normalized spacial score (nSPS) is 14.8. The van der Waals surface area contributed by atoms with Crippen molar-refractivity contribution in [2.75, 3.05) is 0 Å². The summed E-state index contributed by atoms with van der Waals surface area (Å²) in [6.07, 6.45) is 3.33. The lowest BCUT2D eigenvalue weighted by Crippen LogP contribution is -2.11. The summed E-state index contributed by atoms with van der Waals surface area (Å²) in [6, 6.07) is 7.19. The van der Waals surface area contributed by atoms with E-state index in [1.807, 2.05) is 16.8 Å². The van der Waals surface area contributed by atoms with Crippen molar-refractivity contribution in [3.8, 4) is 17.1 Å². The highest BCUT2D eigenvalue weighted by atomic mass is 16.3. The Bertz CT molecular complexity index is 495. The Morgan fingerprint density at radius 1 is 1.19 bits per heavy atom. The molecule has 0 radical (unpaired) electrons. The van der Waals surface area contributed by atoms with E-state index in [1.165, 1.54) is 6.42 Å².